The topological polar surface area (TPSA) is 91.9 Å². The molecule has 0 aliphatic heterocycles. The Labute approximate surface area is 116 Å². The van der Waals surface area contributed by atoms with Crippen molar-refractivity contribution in [1.82, 2.24) is 14.7 Å². The highest BCUT2D eigenvalue weighted by Crippen LogP contribution is 2.09. The Bertz CT molecular complexity index is 733. The fourth-order valence-electron chi connectivity index (χ4n) is 1.76. The third-order valence-electron chi connectivity index (χ3n) is 2.86. The molecule has 2 aromatic rings. The molecule has 0 unspecified atom stereocenters. The Balaban J connectivity index is 2.17. The van der Waals surface area contributed by atoms with Crippen LogP contribution in [0.2, 0.25) is 0 Å². The van der Waals surface area contributed by atoms with Gasteiger partial charge in [-0.25, -0.2) is 13.1 Å². The zero-order valence-corrected chi connectivity index (χ0v) is 11.8. The highest BCUT2D eigenvalue weighted by atomic mass is 32.2. The van der Waals surface area contributed by atoms with E-state index in [1.165, 1.54) is 18.3 Å². The summed E-state index contributed by atoms with van der Waals surface area (Å²) in [7, 11) is -3.66. The summed E-state index contributed by atoms with van der Waals surface area (Å²) >= 11 is 0. The van der Waals surface area contributed by atoms with Crippen molar-refractivity contribution in [2.24, 2.45) is 0 Å². The van der Waals surface area contributed by atoms with E-state index in [4.69, 9.17) is 0 Å². The number of hydrogen-bond acceptors (Lipinski definition) is 4. The van der Waals surface area contributed by atoms with Gasteiger partial charge in [0, 0.05) is 18.5 Å². The molecule has 0 atom stereocenters. The summed E-state index contributed by atoms with van der Waals surface area (Å²) in [6.45, 7) is 2.10. The van der Waals surface area contributed by atoms with Crippen LogP contribution < -0.4 is 10.3 Å². The lowest BCUT2D eigenvalue weighted by Gasteiger charge is -2.08. The van der Waals surface area contributed by atoms with Crippen molar-refractivity contribution in [3.8, 4) is 0 Å². The first-order valence-corrected chi connectivity index (χ1v) is 7.62. The normalized spacial score (nSPS) is 11.4. The van der Waals surface area contributed by atoms with Crippen molar-refractivity contribution in [3.05, 3.63) is 58.3 Å². The Kier molecular flexibility index (Phi) is 4.31. The van der Waals surface area contributed by atoms with Crippen molar-refractivity contribution in [2.45, 2.75) is 24.8 Å². The SMILES string of the molecule is CCc1cccnc1CNS(=O)(=O)c1ccc(=O)[nH]c1. The molecule has 2 aromatic heterocycles. The highest BCUT2D eigenvalue weighted by Gasteiger charge is 2.14. The number of aromatic nitrogens is 2. The molecule has 0 saturated carbocycles. The second kappa shape index (κ2) is 5.98. The lowest BCUT2D eigenvalue weighted by atomic mass is 10.1. The third-order valence-corrected chi connectivity index (χ3v) is 4.26. The van der Waals surface area contributed by atoms with Crippen LogP contribution in [-0.4, -0.2) is 18.4 Å². The molecule has 0 fully saturated rings. The summed E-state index contributed by atoms with van der Waals surface area (Å²) in [5.41, 5.74) is 1.35. The molecule has 6 nitrogen and oxygen atoms in total. The molecule has 106 valence electrons. The smallest absolute Gasteiger partial charge is 0.247 e. The van der Waals surface area contributed by atoms with E-state index in [1.807, 2.05) is 19.1 Å². The van der Waals surface area contributed by atoms with Gasteiger partial charge < -0.3 is 4.98 Å². The number of aryl methyl sites for hydroxylation is 1. The summed E-state index contributed by atoms with van der Waals surface area (Å²) in [5, 5.41) is 0. The second-order valence-electron chi connectivity index (χ2n) is 4.18. The maximum absolute atomic E-state index is 12.1. The first-order chi connectivity index (χ1) is 9.53. The molecule has 2 N–H and O–H groups in total. The van der Waals surface area contributed by atoms with Crippen LogP contribution in [-0.2, 0) is 23.0 Å². The van der Waals surface area contributed by atoms with Crippen LogP contribution in [0.15, 0.2) is 46.3 Å². The lowest BCUT2D eigenvalue weighted by Crippen LogP contribution is -2.25. The molecule has 0 radical (unpaired) electrons. The number of sulfonamides is 1. The van der Waals surface area contributed by atoms with Gasteiger partial charge in [-0.05, 0) is 24.1 Å². The van der Waals surface area contributed by atoms with Gasteiger partial charge in [-0.2, -0.15) is 0 Å². The van der Waals surface area contributed by atoms with Crippen LogP contribution in [0.3, 0.4) is 0 Å². The van der Waals surface area contributed by atoms with Gasteiger partial charge in [0.25, 0.3) is 0 Å². The number of rotatable bonds is 5. The van der Waals surface area contributed by atoms with Crippen LogP contribution in [0, 0.1) is 0 Å². The highest BCUT2D eigenvalue weighted by molar-refractivity contribution is 7.89. The molecule has 0 aromatic carbocycles. The van der Waals surface area contributed by atoms with Crippen LogP contribution in [0.25, 0.3) is 0 Å². The molecular formula is C13H15N3O3S. The minimum atomic E-state index is -3.66. The number of aromatic amines is 1. The van der Waals surface area contributed by atoms with E-state index in [-0.39, 0.29) is 17.0 Å². The van der Waals surface area contributed by atoms with E-state index >= 15 is 0 Å². The molecule has 2 heterocycles. The fourth-order valence-corrected chi connectivity index (χ4v) is 2.72. The lowest BCUT2D eigenvalue weighted by molar-refractivity contribution is 0.579. The molecule has 0 amide bonds. The summed E-state index contributed by atoms with van der Waals surface area (Å²) < 4.78 is 26.6. The molecule has 0 saturated heterocycles. The van der Waals surface area contributed by atoms with Crippen LogP contribution in [0.4, 0.5) is 0 Å². The number of nitrogens with zero attached hydrogens (tertiary/aromatic N) is 1. The van der Waals surface area contributed by atoms with Gasteiger partial charge in [0.1, 0.15) is 0 Å². The first-order valence-electron chi connectivity index (χ1n) is 6.14. The monoisotopic (exact) mass is 293 g/mol. The van der Waals surface area contributed by atoms with Crippen molar-refractivity contribution in [3.63, 3.8) is 0 Å². The molecule has 0 aliphatic rings. The van der Waals surface area contributed by atoms with Gasteiger partial charge in [0.2, 0.25) is 15.6 Å². The van der Waals surface area contributed by atoms with Crippen molar-refractivity contribution < 1.29 is 8.42 Å². The second-order valence-corrected chi connectivity index (χ2v) is 5.94. The number of nitrogens with one attached hydrogen (secondary N) is 2. The van der Waals surface area contributed by atoms with Crippen molar-refractivity contribution >= 4 is 10.0 Å². The van der Waals surface area contributed by atoms with Crippen LogP contribution >= 0.6 is 0 Å². The standard InChI is InChI=1S/C13H15N3O3S/c1-2-10-4-3-7-14-12(10)9-16-20(18,19)11-5-6-13(17)15-8-11/h3-8,16H,2,9H2,1H3,(H,15,17). The molecule has 7 heteroatoms. The van der Waals surface area contributed by atoms with E-state index in [0.29, 0.717) is 5.69 Å². The van der Waals surface area contributed by atoms with E-state index < -0.39 is 10.0 Å². The summed E-state index contributed by atoms with van der Waals surface area (Å²) in [5.74, 6) is 0. The van der Waals surface area contributed by atoms with Crippen LogP contribution in [0.5, 0.6) is 0 Å². The van der Waals surface area contributed by atoms with Gasteiger partial charge in [-0.1, -0.05) is 13.0 Å². The number of H-pyrrole nitrogens is 1. The number of hydrogen-bond donors (Lipinski definition) is 2. The Morgan fingerprint density at radius 3 is 2.75 bits per heavy atom. The molecule has 0 spiro atoms. The maximum Gasteiger partial charge on any atom is 0.247 e. The third kappa shape index (κ3) is 3.31. The summed E-state index contributed by atoms with van der Waals surface area (Å²) in [6, 6.07) is 6.17. The Morgan fingerprint density at radius 1 is 1.30 bits per heavy atom. The van der Waals surface area contributed by atoms with E-state index in [2.05, 4.69) is 14.7 Å². The minimum Gasteiger partial charge on any atom is -0.328 e. The van der Waals surface area contributed by atoms with E-state index in [9.17, 15) is 13.2 Å². The zero-order valence-electron chi connectivity index (χ0n) is 11.0. The van der Waals surface area contributed by atoms with Crippen LogP contribution in [0.1, 0.15) is 18.2 Å². The molecule has 2 rings (SSSR count). The minimum absolute atomic E-state index is 0.0195. The molecule has 20 heavy (non-hydrogen) atoms. The predicted octanol–water partition coefficient (Wildman–Crippen LogP) is 0.811. The van der Waals surface area contributed by atoms with Crippen molar-refractivity contribution in [2.75, 3.05) is 0 Å². The Morgan fingerprint density at radius 2 is 2.10 bits per heavy atom. The quantitative estimate of drug-likeness (QED) is 0.853. The summed E-state index contributed by atoms with van der Waals surface area (Å²) in [4.78, 5) is 17.5. The molecular weight excluding hydrogens is 278 g/mol. The van der Waals surface area contributed by atoms with Crippen molar-refractivity contribution in [1.29, 1.82) is 0 Å². The Hall–Kier alpha value is -1.99. The predicted molar refractivity (Wildman–Crippen MR) is 74.7 cm³/mol. The molecule has 0 bridgehead atoms. The number of pyridine rings is 2. The summed E-state index contributed by atoms with van der Waals surface area (Å²) in [6.07, 6.45) is 3.58. The molecule has 0 aliphatic carbocycles. The van der Waals surface area contributed by atoms with Gasteiger partial charge in [-0.3, -0.25) is 9.78 Å². The fraction of sp³-hybridized carbons (Fsp3) is 0.231. The average molecular weight is 293 g/mol. The van der Waals surface area contributed by atoms with Gasteiger partial charge in [0.15, 0.2) is 0 Å². The largest absolute Gasteiger partial charge is 0.328 e. The van der Waals surface area contributed by atoms with Gasteiger partial charge >= 0.3 is 0 Å². The van der Waals surface area contributed by atoms with E-state index in [0.717, 1.165) is 12.0 Å². The average Bonchev–Trinajstić information content (AvgIpc) is 2.46. The zero-order chi connectivity index (χ0) is 14.6. The maximum atomic E-state index is 12.1. The van der Waals surface area contributed by atoms with Gasteiger partial charge in [0.05, 0.1) is 17.1 Å². The first kappa shape index (κ1) is 14.4. The van der Waals surface area contributed by atoms with E-state index in [1.54, 1.807) is 6.20 Å². The van der Waals surface area contributed by atoms with Gasteiger partial charge in [-0.15, -0.1) is 0 Å².